The summed E-state index contributed by atoms with van der Waals surface area (Å²) in [7, 11) is 1.29. The summed E-state index contributed by atoms with van der Waals surface area (Å²) in [5.41, 5.74) is 0. The van der Waals surface area contributed by atoms with E-state index in [-0.39, 0.29) is 24.0 Å². The van der Waals surface area contributed by atoms with Gasteiger partial charge in [0.1, 0.15) is 24.4 Å². The summed E-state index contributed by atoms with van der Waals surface area (Å²) in [5.74, 6) is -4.38. The molecular weight excluding hydrogens is 371 g/mol. The molecule has 0 aromatic heterocycles. The molecule has 0 aliphatic carbocycles. The minimum atomic E-state index is -1.49. The molecule has 0 saturated carbocycles. The molecule has 0 spiro atoms. The maximum atomic E-state index is 10.7. The predicted molar refractivity (Wildman–Crippen MR) is 76.2 cm³/mol. The Morgan fingerprint density at radius 2 is 1.38 bits per heavy atom. The van der Waals surface area contributed by atoms with E-state index in [1.165, 1.54) is 7.11 Å². The fraction of sp³-hybridized carbons (Fsp3) is 0.786. The number of hydrogen-bond donors (Lipinski definition) is 0. The first-order chi connectivity index (χ1) is 11.8. The van der Waals surface area contributed by atoms with E-state index in [1.807, 2.05) is 0 Å². The zero-order valence-electron chi connectivity index (χ0n) is 14.3. The molecule has 1 heterocycles. The Morgan fingerprint density at radius 1 is 0.885 bits per heavy atom. The van der Waals surface area contributed by atoms with E-state index >= 15 is 0 Å². The largest absolute Gasteiger partial charge is 3.00 e. The minimum absolute atomic E-state index is 0. The molecule has 1 saturated heterocycles. The monoisotopic (exact) mass is 390 g/mol. The summed E-state index contributed by atoms with van der Waals surface area (Å²) in [4.78, 5) is 31.7. The maximum Gasteiger partial charge on any atom is 3.00 e. The second kappa shape index (κ2) is 12.2. The Labute approximate surface area is 160 Å². The van der Waals surface area contributed by atoms with Crippen LogP contribution in [0.2, 0.25) is 0 Å². The first-order valence-electron chi connectivity index (χ1n) is 7.35. The van der Waals surface area contributed by atoms with Gasteiger partial charge in [-0.3, -0.25) is 0 Å². The zero-order chi connectivity index (χ0) is 19.0. The van der Waals surface area contributed by atoms with Gasteiger partial charge in [0.25, 0.3) is 0 Å². The molecular formula is C14H19AlO11. The van der Waals surface area contributed by atoms with Gasteiger partial charge in [-0.15, -0.1) is 0 Å². The van der Waals surface area contributed by atoms with E-state index in [1.54, 1.807) is 6.92 Å². The van der Waals surface area contributed by atoms with Crippen LogP contribution < -0.4 is 15.3 Å². The number of carboxylic acids is 3. The Bertz CT molecular complexity index is 472. The summed E-state index contributed by atoms with van der Waals surface area (Å²) in [6.07, 6.45) is -4.45. The van der Waals surface area contributed by atoms with E-state index in [0.717, 1.165) is 0 Å². The molecule has 144 valence electrons. The van der Waals surface area contributed by atoms with Gasteiger partial charge in [-0.1, -0.05) is 0 Å². The Hall–Kier alpha value is -1.26. The van der Waals surface area contributed by atoms with Gasteiger partial charge in [-0.2, -0.15) is 0 Å². The van der Waals surface area contributed by atoms with Crippen molar-refractivity contribution in [1.29, 1.82) is 0 Å². The van der Waals surface area contributed by atoms with Crippen LogP contribution in [0.4, 0.5) is 0 Å². The van der Waals surface area contributed by atoms with Crippen LogP contribution in [0, 0.1) is 0 Å². The van der Waals surface area contributed by atoms with Crippen LogP contribution in [-0.2, 0) is 38.1 Å². The van der Waals surface area contributed by atoms with E-state index in [2.05, 4.69) is 0 Å². The summed E-state index contributed by atoms with van der Waals surface area (Å²) in [5, 5.41) is 31.7. The van der Waals surface area contributed by atoms with Crippen molar-refractivity contribution in [3.63, 3.8) is 0 Å². The van der Waals surface area contributed by atoms with Crippen molar-refractivity contribution < 1.29 is 53.4 Å². The number of carbonyl (C=O) groups excluding carboxylic acids is 3. The molecule has 1 rings (SSSR count). The number of hydrogen-bond acceptors (Lipinski definition) is 11. The van der Waals surface area contributed by atoms with Crippen LogP contribution in [-0.4, -0.2) is 99.3 Å². The Morgan fingerprint density at radius 3 is 1.85 bits per heavy atom. The fourth-order valence-electron chi connectivity index (χ4n) is 2.52. The van der Waals surface area contributed by atoms with Gasteiger partial charge >= 0.3 is 17.4 Å². The third-order valence-corrected chi connectivity index (χ3v) is 3.43. The molecule has 1 aliphatic rings. The molecule has 0 radical (unpaired) electrons. The van der Waals surface area contributed by atoms with Gasteiger partial charge in [0.05, 0.1) is 50.4 Å². The molecule has 0 bridgehead atoms. The number of aliphatic carboxylic acids is 3. The number of carboxylic acid groups (broad SMARTS) is 3. The van der Waals surface area contributed by atoms with Crippen molar-refractivity contribution in [2.75, 3.05) is 33.5 Å². The molecule has 11 nitrogen and oxygen atoms in total. The van der Waals surface area contributed by atoms with Crippen molar-refractivity contribution in [3.05, 3.63) is 0 Å². The molecule has 0 amide bonds. The molecule has 1 aliphatic heterocycles. The van der Waals surface area contributed by atoms with Crippen molar-refractivity contribution in [1.82, 2.24) is 0 Å². The standard InChI is InChI=1S/C14H22O11.Al/c1-7-12(23-5-10(17)18)14(24-6-11(19)20)13(21-2)8(25-7)3-22-4-9(15)16;/h7-8,12-14H,3-6H2,1-2H3,(H,15,16)(H,17,18)(H,19,20);/q;+3/p-3/t7?,8-,12+,13-,14-;/m1./s1. The van der Waals surface area contributed by atoms with Crippen LogP contribution in [0.15, 0.2) is 0 Å². The molecule has 1 unspecified atom stereocenters. The first-order valence-corrected chi connectivity index (χ1v) is 7.35. The topological polar surface area (TPSA) is 167 Å². The van der Waals surface area contributed by atoms with E-state index in [9.17, 15) is 29.7 Å². The van der Waals surface area contributed by atoms with E-state index < -0.39 is 68.2 Å². The van der Waals surface area contributed by atoms with E-state index in [0.29, 0.717) is 0 Å². The quantitative estimate of drug-likeness (QED) is 0.309. The van der Waals surface area contributed by atoms with Crippen molar-refractivity contribution >= 4 is 35.3 Å². The van der Waals surface area contributed by atoms with Crippen molar-refractivity contribution in [3.8, 4) is 0 Å². The summed E-state index contributed by atoms with van der Waals surface area (Å²) < 4.78 is 26.2. The first kappa shape index (κ1) is 24.7. The molecule has 0 aromatic carbocycles. The van der Waals surface area contributed by atoms with Crippen LogP contribution in [0.25, 0.3) is 0 Å². The maximum absolute atomic E-state index is 10.7. The molecule has 1 fully saturated rings. The van der Waals surface area contributed by atoms with Crippen LogP contribution >= 0.6 is 0 Å². The SMILES string of the molecule is CO[C@H]1[C@H](OCC(=O)[O-])[C@@H](OCC(=O)[O-])C(C)O[C@@H]1COCC(=O)[O-].[Al+3]. The molecule has 12 heteroatoms. The summed E-state index contributed by atoms with van der Waals surface area (Å²) in [6.45, 7) is -0.858. The minimum Gasteiger partial charge on any atom is -0.548 e. The smallest absolute Gasteiger partial charge is 0.548 e. The van der Waals surface area contributed by atoms with Crippen molar-refractivity contribution in [2.45, 2.75) is 37.4 Å². The molecule has 5 atom stereocenters. The van der Waals surface area contributed by atoms with E-state index in [4.69, 9.17) is 23.7 Å². The molecule has 0 aromatic rings. The van der Waals surface area contributed by atoms with Gasteiger partial charge in [-0.05, 0) is 6.92 Å². The number of rotatable bonds is 11. The van der Waals surface area contributed by atoms with Crippen LogP contribution in [0.1, 0.15) is 6.92 Å². The third-order valence-electron chi connectivity index (χ3n) is 3.43. The molecule has 0 N–H and O–H groups in total. The summed E-state index contributed by atoms with van der Waals surface area (Å²) in [6, 6.07) is 0. The average Bonchev–Trinajstić information content (AvgIpc) is 2.51. The second-order valence-corrected chi connectivity index (χ2v) is 5.26. The second-order valence-electron chi connectivity index (χ2n) is 5.26. The number of ether oxygens (including phenoxy) is 5. The van der Waals surface area contributed by atoms with Crippen LogP contribution in [0.5, 0.6) is 0 Å². The normalized spacial score (nSPS) is 28.2. The molecule has 26 heavy (non-hydrogen) atoms. The van der Waals surface area contributed by atoms with Gasteiger partial charge in [-0.25, -0.2) is 0 Å². The third kappa shape index (κ3) is 7.96. The van der Waals surface area contributed by atoms with Gasteiger partial charge in [0, 0.05) is 7.11 Å². The zero-order valence-corrected chi connectivity index (χ0v) is 15.4. The average molecular weight is 390 g/mol. The van der Waals surface area contributed by atoms with Crippen LogP contribution in [0.3, 0.4) is 0 Å². The summed E-state index contributed by atoms with van der Waals surface area (Å²) >= 11 is 0. The Balaban J connectivity index is 0.00000625. The predicted octanol–water partition coefficient (Wildman–Crippen LogP) is -5.56. The van der Waals surface area contributed by atoms with Gasteiger partial charge < -0.3 is 53.4 Å². The fourth-order valence-corrected chi connectivity index (χ4v) is 2.52. The number of carbonyl (C=O) groups is 3. The number of methoxy groups -OCH3 is 1. The Kier molecular flexibility index (Phi) is 11.6. The van der Waals surface area contributed by atoms with Gasteiger partial charge in [0.2, 0.25) is 0 Å². The van der Waals surface area contributed by atoms with Crippen molar-refractivity contribution in [2.24, 2.45) is 0 Å². The van der Waals surface area contributed by atoms with Gasteiger partial charge in [0.15, 0.2) is 0 Å².